The van der Waals surface area contributed by atoms with Gasteiger partial charge in [-0.25, -0.2) is 15.0 Å². The molecule has 0 N–H and O–H groups in total. The summed E-state index contributed by atoms with van der Waals surface area (Å²) in [6.07, 6.45) is -8.05. The zero-order valence-corrected chi connectivity index (χ0v) is 13.9. The Morgan fingerprint density at radius 3 is 1.96 bits per heavy atom. The van der Waals surface area contributed by atoms with Gasteiger partial charge in [0.2, 0.25) is 0 Å². The molecule has 0 atom stereocenters. The third kappa shape index (κ3) is 4.36. The minimum absolute atomic E-state index is 0.0320. The van der Waals surface area contributed by atoms with Crippen molar-refractivity contribution < 1.29 is 26.3 Å². The van der Waals surface area contributed by atoms with Gasteiger partial charge in [-0.15, -0.1) is 0 Å². The molecule has 0 spiro atoms. The van der Waals surface area contributed by atoms with Crippen molar-refractivity contribution in [3.63, 3.8) is 0 Å². The molecule has 27 heavy (non-hydrogen) atoms. The summed E-state index contributed by atoms with van der Waals surface area (Å²) in [4.78, 5) is 11.3. The van der Waals surface area contributed by atoms with E-state index in [0.717, 1.165) is 24.3 Å². The van der Waals surface area contributed by atoms with Crippen molar-refractivity contribution in [3.05, 3.63) is 65.1 Å². The van der Waals surface area contributed by atoms with E-state index in [1.165, 1.54) is 18.3 Å². The second kappa shape index (κ2) is 6.80. The highest BCUT2D eigenvalue weighted by Gasteiger charge is 2.34. The number of hydrogen-bond acceptors (Lipinski definition) is 3. The Kier molecular flexibility index (Phi) is 4.81. The van der Waals surface area contributed by atoms with E-state index in [9.17, 15) is 26.3 Å². The number of aromatic nitrogens is 3. The summed E-state index contributed by atoms with van der Waals surface area (Å²) in [5.41, 5.74) is -2.05. The molecule has 10 heteroatoms. The lowest BCUT2D eigenvalue weighted by Gasteiger charge is -2.12. The maximum absolute atomic E-state index is 13.2. The van der Waals surface area contributed by atoms with Gasteiger partial charge in [0.25, 0.3) is 0 Å². The Morgan fingerprint density at radius 1 is 0.741 bits per heavy atom. The van der Waals surface area contributed by atoms with Crippen molar-refractivity contribution in [3.8, 4) is 22.6 Å². The Bertz CT molecular complexity index is 968. The number of halogens is 7. The molecule has 0 fully saturated rings. The number of benzene rings is 1. The molecule has 0 bridgehead atoms. The quantitative estimate of drug-likeness (QED) is 0.395. The molecule has 0 saturated carbocycles. The van der Waals surface area contributed by atoms with Crippen LogP contribution in [-0.2, 0) is 12.4 Å². The Morgan fingerprint density at radius 2 is 1.41 bits per heavy atom. The summed E-state index contributed by atoms with van der Waals surface area (Å²) in [6, 6.07) is 6.98. The van der Waals surface area contributed by atoms with Gasteiger partial charge in [-0.1, -0.05) is 23.7 Å². The summed E-state index contributed by atoms with van der Waals surface area (Å²) < 4.78 is 77.6. The summed E-state index contributed by atoms with van der Waals surface area (Å²) in [5.74, 6) is -0.274. The number of pyridine rings is 1. The molecule has 2 heterocycles. The lowest BCUT2D eigenvalue weighted by Crippen LogP contribution is -2.10. The van der Waals surface area contributed by atoms with Gasteiger partial charge in [0.15, 0.2) is 5.82 Å². The molecule has 0 unspecified atom stereocenters. The number of nitrogens with zero attached hydrogens (tertiary/aromatic N) is 3. The molecule has 3 nitrogen and oxygen atoms in total. The van der Waals surface area contributed by atoms with Gasteiger partial charge in [0.05, 0.1) is 11.3 Å². The van der Waals surface area contributed by atoms with Gasteiger partial charge in [-0.2, -0.15) is 26.3 Å². The number of rotatable bonds is 2. The monoisotopic (exact) mass is 403 g/mol. The van der Waals surface area contributed by atoms with Gasteiger partial charge in [-0.3, -0.25) is 0 Å². The third-order valence-corrected chi connectivity index (χ3v) is 3.72. The van der Waals surface area contributed by atoms with E-state index in [2.05, 4.69) is 15.0 Å². The zero-order valence-electron chi connectivity index (χ0n) is 13.1. The molecule has 2 aromatic heterocycles. The second-order valence-corrected chi connectivity index (χ2v) is 5.79. The molecule has 140 valence electrons. The first kappa shape index (κ1) is 19.1. The van der Waals surface area contributed by atoms with Crippen LogP contribution in [0.15, 0.2) is 48.7 Å². The summed E-state index contributed by atoms with van der Waals surface area (Å²) in [6.45, 7) is 0. The van der Waals surface area contributed by atoms with E-state index in [1.807, 2.05) is 0 Å². The second-order valence-electron chi connectivity index (χ2n) is 5.40. The minimum Gasteiger partial charge on any atom is -0.245 e. The first-order chi connectivity index (χ1) is 12.5. The van der Waals surface area contributed by atoms with Crippen molar-refractivity contribution in [1.29, 1.82) is 0 Å². The van der Waals surface area contributed by atoms with Crippen LogP contribution >= 0.6 is 11.6 Å². The van der Waals surface area contributed by atoms with E-state index < -0.39 is 23.6 Å². The van der Waals surface area contributed by atoms with Crippen LogP contribution in [-0.4, -0.2) is 15.0 Å². The molecule has 0 amide bonds. The van der Waals surface area contributed by atoms with Crippen molar-refractivity contribution in [2.45, 2.75) is 12.4 Å². The summed E-state index contributed by atoms with van der Waals surface area (Å²) >= 11 is 5.75. The van der Waals surface area contributed by atoms with Crippen LogP contribution in [0.1, 0.15) is 11.3 Å². The first-order valence-corrected chi connectivity index (χ1v) is 7.68. The van der Waals surface area contributed by atoms with Gasteiger partial charge >= 0.3 is 12.4 Å². The summed E-state index contributed by atoms with van der Waals surface area (Å²) in [5, 5.41) is 0.0320. The molecular weight excluding hydrogens is 396 g/mol. The first-order valence-electron chi connectivity index (χ1n) is 7.30. The summed E-state index contributed by atoms with van der Waals surface area (Å²) in [7, 11) is 0. The van der Waals surface area contributed by atoms with E-state index in [0.29, 0.717) is 6.07 Å². The lowest BCUT2D eigenvalue weighted by molar-refractivity contribution is -0.141. The predicted octanol–water partition coefficient (Wildman–Crippen LogP) is 5.90. The largest absolute Gasteiger partial charge is 0.433 e. The fraction of sp³-hybridized carbons (Fsp3) is 0.118. The average molecular weight is 404 g/mol. The van der Waals surface area contributed by atoms with Gasteiger partial charge < -0.3 is 0 Å². The van der Waals surface area contributed by atoms with E-state index >= 15 is 0 Å². The van der Waals surface area contributed by atoms with E-state index in [-0.39, 0.29) is 27.8 Å². The predicted molar refractivity (Wildman–Crippen MR) is 85.7 cm³/mol. The van der Waals surface area contributed by atoms with Gasteiger partial charge in [0, 0.05) is 17.3 Å². The SMILES string of the molecule is FC(F)(F)c1ccc(-c2cc(C(F)(F)F)nc(-c3ccnc(Cl)c3)n2)cc1. The van der Waals surface area contributed by atoms with E-state index in [4.69, 9.17) is 11.6 Å². The Hall–Kier alpha value is -2.68. The van der Waals surface area contributed by atoms with Crippen LogP contribution in [0.2, 0.25) is 5.15 Å². The number of hydrogen-bond donors (Lipinski definition) is 0. The highest BCUT2D eigenvalue weighted by Crippen LogP contribution is 2.34. The minimum atomic E-state index is -4.77. The fourth-order valence-electron chi connectivity index (χ4n) is 2.24. The Balaban J connectivity index is 2.13. The Labute approximate surface area is 153 Å². The van der Waals surface area contributed by atoms with Crippen molar-refractivity contribution in [2.75, 3.05) is 0 Å². The topological polar surface area (TPSA) is 38.7 Å². The standard InChI is InChI=1S/C17H8ClF6N3/c18-14-7-10(5-6-25-14)15-26-12(8-13(27-15)17(22,23)24)9-1-3-11(4-2-9)16(19,20)21/h1-8H. The van der Waals surface area contributed by atoms with Crippen LogP contribution in [0.5, 0.6) is 0 Å². The van der Waals surface area contributed by atoms with Crippen LogP contribution in [0.4, 0.5) is 26.3 Å². The lowest BCUT2D eigenvalue weighted by atomic mass is 10.1. The normalized spacial score (nSPS) is 12.3. The molecule has 1 aromatic carbocycles. The molecule has 0 radical (unpaired) electrons. The maximum Gasteiger partial charge on any atom is 0.433 e. The van der Waals surface area contributed by atoms with E-state index in [1.54, 1.807) is 0 Å². The van der Waals surface area contributed by atoms with Gasteiger partial charge in [0.1, 0.15) is 10.8 Å². The maximum atomic E-state index is 13.2. The molecule has 0 aliphatic carbocycles. The highest BCUT2D eigenvalue weighted by molar-refractivity contribution is 6.29. The zero-order chi connectivity index (χ0) is 19.8. The molecular formula is C17H8ClF6N3. The van der Waals surface area contributed by atoms with Crippen molar-refractivity contribution in [2.24, 2.45) is 0 Å². The molecule has 3 rings (SSSR count). The van der Waals surface area contributed by atoms with Crippen molar-refractivity contribution >= 4 is 11.6 Å². The third-order valence-electron chi connectivity index (χ3n) is 3.51. The average Bonchev–Trinajstić information content (AvgIpc) is 2.60. The molecule has 0 aliphatic heterocycles. The van der Waals surface area contributed by atoms with Crippen LogP contribution in [0.25, 0.3) is 22.6 Å². The van der Waals surface area contributed by atoms with Crippen LogP contribution in [0, 0.1) is 0 Å². The highest BCUT2D eigenvalue weighted by atomic mass is 35.5. The molecule has 3 aromatic rings. The van der Waals surface area contributed by atoms with Crippen molar-refractivity contribution in [1.82, 2.24) is 15.0 Å². The smallest absolute Gasteiger partial charge is 0.245 e. The van der Waals surface area contributed by atoms with Crippen LogP contribution in [0.3, 0.4) is 0 Å². The van der Waals surface area contributed by atoms with Gasteiger partial charge in [-0.05, 0) is 30.3 Å². The fourth-order valence-corrected chi connectivity index (χ4v) is 2.41. The molecule has 0 aliphatic rings. The van der Waals surface area contributed by atoms with Crippen LogP contribution < -0.4 is 0 Å². The molecule has 0 saturated heterocycles. The number of alkyl halides is 6.